The summed E-state index contributed by atoms with van der Waals surface area (Å²) >= 11 is 1.63. The standard InChI is InChI=1S/C18H22N6OS/c1-22(2)18(25)14-9-21-24-16(6-7-19-17(14)24)15-5-3-4-8-23(15)10-13-11-26-12-20-13/h6-7,9,11-12,15H,3-5,8,10H2,1-2H3. The van der Waals surface area contributed by atoms with Crippen molar-refractivity contribution in [3.8, 4) is 0 Å². The van der Waals surface area contributed by atoms with Gasteiger partial charge in [0, 0.05) is 32.2 Å². The Bertz CT molecular complexity index is 904. The third kappa shape index (κ3) is 3.10. The zero-order chi connectivity index (χ0) is 18.1. The number of aromatic nitrogens is 4. The molecule has 7 nitrogen and oxygen atoms in total. The molecule has 0 aromatic carbocycles. The van der Waals surface area contributed by atoms with E-state index in [0.717, 1.165) is 30.9 Å². The molecule has 3 aromatic rings. The van der Waals surface area contributed by atoms with E-state index >= 15 is 0 Å². The van der Waals surface area contributed by atoms with Crippen LogP contribution in [0.5, 0.6) is 0 Å². The minimum Gasteiger partial charge on any atom is -0.345 e. The maximum atomic E-state index is 12.4. The molecule has 4 rings (SSSR count). The minimum absolute atomic E-state index is 0.0763. The fraction of sp³-hybridized carbons (Fsp3) is 0.444. The number of carbonyl (C=O) groups excluding carboxylic acids is 1. The third-order valence-corrected chi connectivity index (χ3v) is 5.51. The summed E-state index contributed by atoms with van der Waals surface area (Å²) in [5.41, 5.74) is 5.24. The van der Waals surface area contributed by atoms with Gasteiger partial charge in [-0.25, -0.2) is 14.5 Å². The van der Waals surface area contributed by atoms with Crippen LogP contribution >= 0.6 is 11.3 Å². The summed E-state index contributed by atoms with van der Waals surface area (Å²) in [4.78, 5) is 25.3. The molecule has 0 aliphatic carbocycles. The van der Waals surface area contributed by atoms with E-state index in [0.29, 0.717) is 11.2 Å². The molecule has 0 saturated carbocycles. The molecule has 4 heterocycles. The molecule has 1 aliphatic heterocycles. The van der Waals surface area contributed by atoms with E-state index in [4.69, 9.17) is 0 Å². The Morgan fingerprint density at radius 2 is 2.23 bits per heavy atom. The number of carbonyl (C=O) groups is 1. The second kappa shape index (κ2) is 7.13. The van der Waals surface area contributed by atoms with Gasteiger partial charge in [-0.1, -0.05) is 6.42 Å². The first-order valence-electron chi connectivity index (χ1n) is 8.80. The number of fused-ring (bicyclic) bond motifs is 1. The van der Waals surface area contributed by atoms with Gasteiger partial charge >= 0.3 is 0 Å². The molecule has 0 N–H and O–H groups in total. The maximum absolute atomic E-state index is 12.4. The Balaban J connectivity index is 1.71. The number of rotatable bonds is 4. The van der Waals surface area contributed by atoms with Crippen LogP contribution in [0.3, 0.4) is 0 Å². The van der Waals surface area contributed by atoms with Crippen molar-refractivity contribution in [2.24, 2.45) is 0 Å². The van der Waals surface area contributed by atoms with E-state index in [-0.39, 0.29) is 11.9 Å². The van der Waals surface area contributed by atoms with Crippen LogP contribution in [0.25, 0.3) is 5.65 Å². The lowest BCUT2D eigenvalue weighted by Crippen LogP contribution is -2.34. The van der Waals surface area contributed by atoms with Gasteiger partial charge < -0.3 is 4.90 Å². The number of hydrogen-bond donors (Lipinski definition) is 0. The average molecular weight is 370 g/mol. The summed E-state index contributed by atoms with van der Waals surface area (Å²) in [5.74, 6) is -0.0763. The molecular formula is C18H22N6OS. The Labute approximate surface area is 156 Å². The predicted octanol–water partition coefficient (Wildman–Crippen LogP) is 2.61. The molecule has 136 valence electrons. The Morgan fingerprint density at radius 3 is 3.00 bits per heavy atom. The second-order valence-corrected chi connectivity index (χ2v) is 7.54. The van der Waals surface area contributed by atoms with Crippen molar-refractivity contribution in [1.29, 1.82) is 0 Å². The Hall–Kier alpha value is -2.32. The summed E-state index contributed by atoms with van der Waals surface area (Å²) in [7, 11) is 3.48. The van der Waals surface area contributed by atoms with Crippen molar-refractivity contribution in [2.75, 3.05) is 20.6 Å². The highest BCUT2D eigenvalue weighted by Crippen LogP contribution is 2.32. The van der Waals surface area contributed by atoms with Crippen LogP contribution in [0, 0.1) is 0 Å². The van der Waals surface area contributed by atoms with Crippen LogP contribution in [0.1, 0.15) is 47.1 Å². The molecule has 1 fully saturated rings. The number of thiazole rings is 1. The van der Waals surface area contributed by atoms with E-state index in [1.165, 1.54) is 12.8 Å². The van der Waals surface area contributed by atoms with Crippen LogP contribution in [0.4, 0.5) is 0 Å². The SMILES string of the molecule is CN(C)C(=O)c1cnn2c(C3CCCCN3Cc3cscn3)ccnc12. The minimum atomic E-state index is -0.0763. The molecule has 1 atom stereocenters. The molecular weight excluding hydrogens is 348 g/mol. The fourth-order valence-electron chi connectivity index (χ4n) is 3.59. The summed E-state index contributed by atoms with van der Waals surface area (Å²) in [6.45, 7) is 1.87. The van der Waals surface area contributed by atoms with Crippen molar-refractivity contribution in [1.82, 2.24) is 29.4 Å². The third-order valence-electron chi connectivity index (χ3n) is 4.87. The molecule has 1 saturated heterocycles. The zero-order valence-electron chi connectivity index (χ0n) is 15.0. The van der Waals surface area contributed by atoms with Crippen LogP contribution in [-0.2, 0) is 6.54 Å². The highest BCUT2D eigenvalue weighted by Gasteiger charge is 2.28. The van der Waals surface area contributed by atoms with Gasteiger partial charge in [-0.15, -0.1) is 11.3 Å². The number of nitrogens with zero attached hydrogens (tertiary/aromatic N) is 6. The van der Waals surface area contributed by atoms with Crippen molar-refractivity contribution in [3.05, 3.63) is 46.3 Å². The lowest BCUT2D eigenvalue weighted by molar-refractivity contribution is 0.0829. The van der Waals surface area contributed by atoms with E-state index in [9.17, 15) is 4.79 Å². The molecule has 0 radical (unpaired) electrons. The first kappa shape index (κ1) is 17.1. The van der Waals surface area contributed by atoms with Gasteiger partial charge in [0.15, 0.2) is 5.65 Å². The molecule has 1 aliphatic rings. The highest BCUT2D eigenvalue weighted by molar-refractivity contribution is 7.07. The van der Waals surface area contributed by atoms with Crippen molar-refractivity contribution >= 4 is 22.9 Å². The van der Waals surface area contributed by atoms with Crippen LogP contribution in [-0.4, -0.2) is 55.9 Å². The number of hydrogen-bond acceptors (Lipinski definition) is 6. The first-order chi connectivity index (χ1) is 12.6. The van der Waals surface area contributed by atoms with Crippen LogP contribution in [0.2, 0.25) is 0 Å². The van der Waals surface area contributed by atoms with E-state index in [2.05, 4.69) is 25.3 Å². The summed E-state index contributed by atoms with van der Waals surface area (Å²) < 4.78 is 1.83. The molecule has 1 amide bonds. The summed E-state index contributed by atoms with van der Waals surface area (Å²) in [5, 5.41) is 6.60. The van der Waals surface area contributed by atoms with Gasteiger partial charge in [-0.2, -0.15) is 5.10 Å². The fourth-order valence-corrected chi connectivity index (χ4v) is 4.14. The molecule has 3 aromatic heterocycles. The van der Waals surface area contributed by atoms with E-state index in [1.54, 1.807) is 42.7 Å². The molecule has 0 bridgehead atoms. The topological polar surface area (TPSA) is 66.6 Å². The monoisotopic (exact) mass is 370 g/mol. The Morgan fingerprint density at radius 1 is 1.35 bits per heavy atom. The number of amides is 1. The number of piperidine rings is 1. The summed E-state index contributed by atoms with van der Waals surface area (Å²) in [6.07, 6.45) is 6.86. The van der Waals surface area contributed by atoms with Crippen molar-refractivity contribution < 1.29 is 4.79 Å². The average Bonchev–Trinajstić information content (AvgIpc) is 3.31. The van der Waals surface area contributed by atoms with E-state index < -0.39 is 0 Å². The van der Waals surface area contributed by atoms with E-state index in [1.807, 2.05) is 16.1 Å². The second-order valence-electron chi connectivity index (χ2n) is 6.82. The van der Waals surface area contributed by atoms with Gasteiger partial charge in [-0.05, 0) is 25.5 Å². The van der Waals surface area contributed by atoms with Gasteiger partial charge in [-0.3, -0.25) is 9.69 Å². The van der Waals surface area contributed by atoms with Gasteiger partial charge in [0.05, 0.1) is 29.1 Å². The molecule has 8 heteroatoms. The van der Waals surface area contributed by atoms with Crippen LogP contribution in [0.15, 0.2) is 29.4 Å². The van der Waals surface area contributed by atoms with Gasteiger partial charge in [0.1, 0.15) is 5.56 Å². The van der Waals surface area contributed by atoms with Crippen molar-refractivity contribution in [2.45, 2.75) is 31.8 Å². The normalized spacial score (nSPS) is 18.3. The predicted molar refractivity (Wildman–Crippen MR) is 100 cm³/mol. The largest absolute Gasteiger partial charge is 0.345 e. The smallest absolute Gasteiger partial charge is 0.258 e. The molecule has 0 spiro atoms. The molecule has 1 unspecified atom stereocenters. The Kier molecular flexibility index (Phi) is 4.69. The first-order valence-corrected chi connectivity index (χ1v) is 9.75. The van der Waals surface area contributed by atoms with Crippen molar-refractivity contribution in [3.63, 3.8) is 0 Å². The summed E-state index contributed by atoms with van der Waals surface area (Å²) in [6, 6.07) is 2.27. The zero-order valence-corrected chi connectivity index (χ0v) is 15.8. The molecule has 26 heavy (non-hydrogen) atoms. The highest BCUT2D eigenvalue weighted by atomic mass is 32.1. The van der Waals surface area contributed by atoms with Crippen LogP contribution < -0.4 is 0 Å². The maximum Gasteiger partial charge on any atom is 0.258 e. The lowest BCUT2D eigenvalue weighted by atomic mass is 9.99. The quantitative estimate of drug-likeness (QED) is 0.706. The lowest BCUT2D eigenvalue weighted by Gasteiger charge is -2.35. The van der Waals surface area contributed by atoms with Gasteiger partial charge in [0.25, 0.3) is 5.91 Å². The van der Waals surface area contributed by atoms with Gasteiger partial charge in [0.2, 0.25) is 0 Å². The number of likely N-dealkylation sites (tertiary alicyclic amines) is 1.